The van der Waals surface area contributed by atoms with Crippen LogP contribution in [-0.2, 0) is 24.5 Å². The maximum atomic E-state index is 13.7. The summed E-state index contributed by atoms with van der Waals surface area (Å²) in [5, 5.41) is 72.4. The third-order valence-electron chi connectivity index (χ3n) is 8.49. The van der Waals surface area contributed by atoms with Crippen molar-refractivity contribution >= 4 is 39.3 Å². The van der Waals surface area contributed by atoms with Crippen molar-refractivity contribution in [1.29, 1.82) is 0 Å². The van der Waals surface area contributed by atoms with Crippen molar-refractivity contribution in [2.75, 3.05) is 14.1 Å². The number of nitrogens with zero attached hydrogens (tertiary/aromatic N) is 1. The van der Waals surface area contributed by atoms with Gasteiger partial charge in [0.25, 0.3) is 16.0 Å². The van der Waals surface area contributed by atoms with Gasteiger partial charge in [0, 0.05) is 11.5 Å². The number of benzene rings is 2. The van der Waals surface area contributed by atoms with E-state index in [1.165, 1.54) is 25.1 Å². The van der Waals surface area contributed by atoms with E-state index in [0.717, 1.165) is 12.1 Å². The van der Waals surface area contributed by atoms with Gasteiger partial charge in [-0.1, -0.05) is 19.1 Å². The number of hydrogen-bond donors (Lipinski definition) is 9. The summed E-state index contributed by atoms with van der Waals surface area (Å²) in [6.45, 7) is 1.68. The first-order chi connectivity index (χ1) is 21.2. The van der Waals surface area contributed by atoms with Crippen LogP contribution in [0.15, 0.2) is 58.2 Å². The Morgan fingerprint density at radius 3 is 2.11 bits per heavy atom. The van der Waals surface area contributed by atoms with Crippen molar-refractivity contribution in [2.45, 2.75) is 35.5 Å². The van der Waals surface area contributed by atoms with Crippen LogP contribution in [0, 0.1) is 11.8 Å². The molecule has 5 rings (SSSR count). The maximum Gasteiger partial charge on any atom is 0.339 e. The summed E-state index contributed by atoms with van der Waals surface area (Å²) in [5.74, 6) is -10.9. The Morgan fingerprint density at radius 2 is 1.60 bits per heavy atom. The molecular formula is C29H32N2O15S. The molecule has 0 saturated heterocycles. The molecule has 1 saturated carbocycles. The molecule has 2 aromatic carbocycles. The Balaban J connectivity index is 0.000000338. The number of phenols is 2. The number of rotatable bonds is 4. The zero-order valence-electron chi connectivity index (χ0n) is 24.8. The second kappa shape index (κ2) is 12.4. The largest absolute Gasteiger partial charge is 0.508 e. The van der Waals surface area contributed by atoms with E-state index in [1.54, 1.807) is 19.1 Å². The molecular weight excluding hydrogens is 648 g/mol. The summed E-state index contributed by atoms with van der Waals surface area (Å²) in [6, 6.07) is 5.59. The molecule has 12 N–H and O–H groups in total. The number of phenolic OH excluding ortho intramolecular Hbond substituents is 1. The van der Waals surface area contributed by atoms with Crippen molar-refractivity contribution in [2.24, 2.45) is 17.6 Å². The number of carbonyl (C=O) groups is 4. The Morgan fingerprint density at radius 1 is 1.00 bits per heavy atom. The summed E-state index contributed by atoms with van der Waals surface area (Å²) in [5.41, 5.74) is 0.885. The fourth-order valence-electron chi connectivity index (χ4n) is 6.42. The lowest BCUT2D eigenvalue weighted by atomic mass is 9.54. The van der Waals surface area contributed by atoms with Gasteiger partial charge in [-0.05, 0) is 49.8 Å². The highest BCUT2D eigenvalue weighted by Gasteiger charge is 2.68. The molecule has 1 amide bonds. The Bertz CT molecular complexity index is 1870. The number of aromatic hydroxyl groups is 2. The molecule has 0 aliphatic heterocycles. The van der Waals surface area contributed by atoms with E-state index in [9.17, 15) is 53.1 Å². The number of carboxylic acids is 1. The van der Waals surface area contributed by atoms with Gasteiger partial charge in [-0.3, -0.25) is 23.8 Å². The molecule has 0 spiro atoms. The summed E-state index contributed by atoms with van der Waals surface area (Å²) in [7, 11) is -1.53. The van der Waals surface area contributed by atoms with Crippen LogP contribution < -0.4 is 5.73 Å². The van der Waals surface area contributed by atoms with Crippen molar-refractivity contribution in [1.82, 2.24) is 4.90 Å². The zero-order chi connectivity index (χ0) is 34.8. The number of nitrogens with two attached hydrogens (primary N) is 1. The Hall–Kier alpha value is -4.85. The second-order valence-electron chi connectivity index (χ2n) is 11.2. The highest BCUT2D eigenvalue weighted by atomic mass is 32.2. The Labute approximate surface area is 266 Å². The van der Waals surface area contributed by atoms with Crippen LogP contribution in [0.1, 0.15) is 34.3 Å². The molecule has 0 heterocycles. The van der Waals surface area contributed by atoms with Gasteiger partial charge in [0.05, 0.1) is 28.5 Å². The molecule has 17 nitrogen and oxygen atoms in total. The molecule has 47 heavy (non-hydrogen) atoms. The van der Waals surface area contributed by atoms with Crippen molar-refractivity contribution in [3.8, 4) is 11.5 Å². The van der Waals surface area contributed by atoms with E-state index < -0.39 is 108 Å². The van der Waals surface area contributed by atoms with E-state index in [0.29, 0.717) is 11.6 Å². The second-order valence-corrected chi connectivity index (χ2v) is 12.7. The van der Waals surface area contributed by atoms with E-state index in [4.69, 9.17) is 20.5 Å². The fraction of sp³-hybridized carbons (Fsp3) is 0.310. The van der Waals surface area contributed by atoms with Gasteiger partial charge in [-0.25, -0.2) is 4.79 Å². The average Bonchev–Trinajstić information content (AvgIpc) is 2.94. The van der Waals surface area contributed by atoms with Crippen LogP contribution in [0.4, 0.5) is 0 Å². The predicted molar refractivity (Wildman–Crippen MR) is 159 cm³/mol. The van der Waals surface area contributed by atoms with E-state index in [1.807, 2.05) is 0 Å². The summed E-state index contributed by atoms with van der Waals surface area (Å²) >= 11 is 0. The summed E-state index contributed by atoms with van der Waals surface area (Å²) in [4.78, 5) is 49.8. The zero-order valence-corrected chi connectivity index (χ0v) is 25.6. The molecule has 0 aromatic heterocycles. The van der Waals surface area contributed by atoms with Gasteiger partial charge in [0.15, 0.2) is 11.4 Å². The van der Waals surface area contributed by atoms with Gasteiger partial charge >= 0.3 is 5.97 Å². The number of Topliss-reactive ketones (excluding diaryl/α,β-unsaturated/α-hetero) is 2. The number of amides is 1. The summed E-state index contributed by atoms with van der Waals surface area (Å²) in [6.07, 6.45) is -1.59. The minimum Gasteiger partial charge on any atom is -0.508 e. The number of fused-ring (bicyclic) bond motifs is 3. The normalized spacial score (nSPS) is 26.7. The molecule has 6 atom stereocenters. The highest BCUT2D eigenvalue weighted by Crippen LogP contribution is 2.55. The van der Waals surface area contributed by atoms with Gasteiger partial charge in [0.1, 0.15) is 34.2 Å². The summed E-state index contributed by atoms with van der Waals surface area (Å²) < 4.78 is 29.8. The fourth-order valence-corrected chi connectivity index (χ4v) is 6.93. The molecule has 18 heteroatoms. The lowest BCUT2D eigenvalue weighted by Crippen LogP contribution is -2.70. The highest BCUT2D eigenvalue weighted by molar-refractivity contribution is 7.85. The number of likely N-dealkylation sites (N-methyl/N-ethyl adjacent to an activating group) is 1. The lowest BCUT2D eigenvalue weighted by Gasteiger charge is -2.53. The minimum absolute atomic E-state index is 0. The van der Waals surface area contributed by atoms with E-state index in [-0.39, 0.29) is 16.8 Å². The van der Waals surface area contributed by atoms with E-state index in [2.05, 4.69) is 0 Å². The third kappa shape index (κ3) is 5.60. The topological polar surface area (TPSA) is 325 Å². The van der Waals surface area contributed by atoms with Crippen LogP contribution >= 0.6 is 0 Å². The first-order valence-electron chi connectivity index (χ1n) is 13.4. The van der Waals surface area contributed by atoms with Crippen LogP contribution in [0.3, 0.4) is 0 Å². The van der Waals surface area contributed by atoms with Gasteiger partial charge in [-0.15, -0.1) is 0 Å². The van der Waals surface area contributed by atoms with Crippen LogP contribution in [0.25, 0.3) is 5.76 Å². The van der Waals surface area contributed by atoms with Gasteiger partial charge in [-0.2, -0.15) is 8.42 Å². The van der Waals surface area contributed by atoms with Gasteiger partial charge < -0.3 is 47.0 Å². The monoisotopic (exact) mass is 680 g/mol. The van der Waals surface area contributed by atoms with E-state index >= 15 is 0 Å². The number of aliphatic hydroxyl groups is 4. The molecule has 254 valence electrons. The predicted octanol–water partition coefficient (Wildman–Crippen LogP) is -0.992. The number of hydrogen-bond acceptors (Lipinski definition) is 13. The molecule has 0 unspecified atom stereocenters. The minimum atomic E-state index is -4.45. The molecule has 1 fully saturated rings. The molecule has 3 aliphatic rings. The number of ketones is 2. The molecule has 0 radical (unpaired) electrons. The van der Waals surface area contributed by atoms with Crippen molar-refractivity contribution in [3.63, 3.8) is 0 Å². The van der Waals surface area contributed by atoms with Gasteiger partial charge in [0.2, 0.25) is 5.78 Å². The van der Waals surface area contributed by atoms with Crippen molar-refractivity contribution in [3.05, 3.63) is 70.0 Å². The number of primary amides is 1. The first kappa shape index (κ1) is 36.6. The number of aromatic carboxylic acids is 1. The van der Waals surface area contributed by atoms with Crippen LogP contribution in [0.2, 0.25) is 0 Å². The lowest BCUT2D eigenvalue weighted by molar-refractivity contribution is -0.169. The van der Waals surface area contributed by atoms with Crippen LogP contribution in [-0.4, -0.2) is 114 Å². The number of carbonyl (C=O) groups excluding carboxylic acids is 3. The third-order valence-corrected chi connectivity index (χ3v) is 9.34. The standard InChI is InChI=1S/C22H24N2O8.C7H6O6S.H2O/c1-7-8-5-4-6-9(25)11(8)16(26)12-10(7)17(27)14-15(24(2)3)18(28)13(21(23)31)20(30)22(14,32)19(12)29;8-6-2-1-4(14(11,12)13)3-5(6)7(9)10;/h4-7,10,14-15,17,25-27,30,32H,1-3H3,(H2,23,31);1-3,8H,(H,9,10)(H,11,12,13);1H2/t7-,10+,14+,15-,17-,22-;;/m0../s1. The van der Waals surface area contributed by atoms with Crippen molar-refractivity contribution < 1.29 is 73.4 Å². The SMILES string of the molecule is C[C@H]1c2cccc(O)c2C(O)=C2C(=O)[C@]3(O)C(O)=C(C(N)=O)C(=O)[C@@H](N(C)C)[C@@H]3[C@@H](O)[C@@H]21.O.O=C(O)c1cc(S(=O)(=O)O)ccc1O. The molecule has 2 aromatic rings. The quantitative estimate of drug-likeness (QED) is 0.138. The maximum absolute atomic E-state index is 13.7. The number of carboxylic acid groups (broad SMARTS) is 1. The smallest absolute Gasteiger partial charge is 0.339 e. The molecule has 0 bridgehead atoms. The first-order valence-corrected chi connectivity index (χ1v) is 14.8. The average molecular weight is 681 g/mol. The number of aliphatic hydroxyl groups excluding tert-OH is 3. The molecule has 3 aliphatic carbocycles. The van der Waals surface area contributed by atoms with Crippen LogP contribution in [0.5, 0.6) is 11.5 Å². The Kier molecular flexibility index (Phi) is 9.66.